The second-order valence-electron chi connectivity index (χ2n) is 8.76. The number of thioether (sulfide) groups is 1. The van der Waals surface area contributed by atoms with Gasteiger partial charge in [0.05, 0.1) is 10.6 Å². The van der Waals surface area contributed by atoms with Gasteiger partial charge in [-0.2, -0.15) is 4.31 Å². The van der Waals surface area contributed by atoms with Gasteiger partial charge >= 0.3 is 0 Å². The third-order valence-electron chi connectivity index (χ3n) is 6.20. The summed E-state index contributed by atoms with van der Waals surface area (Å²) in [7, 11) is -3.57. The van der Waals surface area contributed by atoms with E-state index in [1.165, 1.54) is 11.8 Å². The van der Waals surface area contributed by atoms with E-state index in [2.05, 4.69) is 22.4 Å². The van der Waals surface area contributed by atoms with Crippen molar-refractivity contribution in [3.63, 3.8) is 0 Å². The summed E-state index contributed by atoms with van der Waals surface area (Å²) in [5.74, 6) is 0.732. The highest BCUT2D eigenvalue weighted by Crippen LogP contribution is 2.32. The predicted octanol–water partition coefficient (Wildman–Crippen LogP) is 4.95. The maximum atomic E-state index is 13.2. The van der Waals surface area contributed by atoms with E-state index in [0.717, 1.165) is 30.7 Å². The molecule has 1 fully saturated rings. The molecule has 0 bridgehead atoms. The number of nitrogens with one attached hydrogen (secondary N) is 1. The molecule has 2 aromatic carbocycles. The number of amides is 1. The van der Waals surface area contributed by atoms with E-state index in [1.807, 2.05) is 17.6 Å². The SMILES string of the molecule is CCCn1c(SCC(=O)Nc2cccc(Cl)c2C)nnc1[C@H]1CCCN(S(=O)(=O)c2ccccc2)C1. The fraction of sp³-hybridized carbons (Fsp3) is 0.400. The van der Waals surface area contributed by atoms with E-state index in [0.29, 0.717) is 40.4 Å². The molecule has 4 rings (SSSR count). The molecule has 0 radical (unpaired) electrons. The number of rotatable bonds is 9. The van der Waals surface area contributed by atoms with Gasteiger partial charge in [0.15, 0.2) is 5.16 Å². The van der Waals surface area contributed by atoms with E-state index >= 15 is 0 Å². The number of hydrogen-bond donors (Lipinski definition) is 1. The molecule has 1 atom stereocenters. The van der Waals surface area contributed by atoms with Crippen LogP contribution in [0.3, 0.4) is 0 Å². The number of anilines is 1. The van der Waals surface area contributed by atoms with Crippen molar-refractivity contribution in [1.82, 2.24) is 19.1 Å². The Hall–Kier alpha value is -2.40. The smallest absolute Gasteiger partial charge is 0.243 e. The van der Waals surface area contributed by atoms with Gasteiger partial charge in [-0.1, -0.05) is 54.6 Å². The second kappa shape index (κ2) is 11.8. The number of halogens is 1. The second-order valence-corrected chi connectivity index (χ2v) is 12.0. The van der Waals surface area contributed by atoms with Gasteiger partial charge in [0, 0.05) is 36.3 Å². The average Bonchev–Trinajstić information content (AvgIpc) is 3.29. The first kappa shape index (κ1) is 26.7. The molecular weight excluding hydrogens is 518 g/mol. The van der Waals surface area contributed by atoms with Gasteiger partial charge in [-0.25, -0.2) is 8.42 Å². The fourth-order valence-corrected chi connectivity index (χ4v) is 6.81. The van der Waals surface area contributed by atoms with Crippen LogP contribution >= 0.6 is 23.4 Å². The topological polar surface area (TPSA) is 97.2 Å². The zero-order valence-corrected chi connectivity index (χ0v) is 22.7. The molecule has 0 aliphatic carbocycles. The van der Waals surface area contributed by atoms with Crippen LogP contribution in [0.5, 0.6) is 0 Å². The van der Waals surface area contributed by atoms with Crippen LogP contribution in [0.25, 0.3) is 0 Å². The van der Waals surface area contributed by atoms with Crippen LogP contribution in [0.1, 0.15) is 43.5 Å². The van der Waals surface area contributed by atoms with Crippen molar-refractivity contribution in [3.8, 4) is 0 Å². The summed E-state index contributed by atoms with van der Waals surface area (Å²) in [6.07, 6.45) is 2.45. The predicted molar refractivity (Wildman–Crippen MR) is 143 cm³/mol. The van der Waals surface area contributed by atoms with Crippen molar-refractivity contribution >= 4 is 45.0 Å². The summed E-state index contributed by atoms with van der Waals surface area (Å²) >= 11 is 7.48. The third kappa shape index (κ3) is 5.94. The summed E-state index contributed by atoms with van der Waals surface area (Å²) in [5.41, 5.74) is 1.51. The summed E-state index contributed by atoms with van der Waals surface area (Å²) in [6.45, 7) is 5.47. The number of nitrogens with zero attached hydrogens (tertiary/aromatic N) is 4. The van der Waals surface area contributed by atoms with Crippen molar-refractivity contribution in [2.45, 2.75) is 55.6 Å². The van der Waals surface area contributed by atoms with Crippen molar-refractivity contribution in [2.75, 3.05) is 24.2 Å². The Kier molecular flexibility index (Phi) is 8.71. The Bertz CT molecular complexity index is 1310. The Morgan fingerprint density at radius 3 is 2.69 bits per heavy atom. The molecule has 1 amide bonds. The fourth-order valence-electron chi connectivity index (χ4n) is 4.31. The van der Waals surface area contributed by atoms with Crippen molar-refractivity contribution in [1.29, 1.82) is 0 Å². The first-order valence-electron chi connectivity index (χ1n) is 12.0. The average molecular weight is 548 g/mol. The Labute approximate surface area is 221 Å². The van der Waals surface area contributed by atoms with E-state index in [1.54, 1.807) is 46.8 Å². The number of hydrogen-bond acceptors (Lipinski definition) is 6. The lowest BCUT2D eigenvalue weighted by Gasteiger charge is -2.31. The van der Waals surface area contributed by atoms with Crippen LogP contribution in [0, 0.1) is 6.92 Å². The summed E-state index contributed by atoms with van der Waals surface area (Å²) in [6, 6.07) is 13.9. The molecule has 1 aliphatic rings. The quantitative estimate of drug-likeness (QED) is 0.381. The van der Waals surface area contributed by atoms with E-state index in [9.17, 15) is 13.2 Å². The maximum Gasteiger partial charge on any atom is 0.243 e. The molecule has 36 heavy (non-hydrogen) atoms. The van der Waals surface area contributed by atoms with Gasteiger partial charge in [-0.05, 0) is 56.0 Å². The van der Waals surface area contributed by atoms with Gasteiger partial charge in [0.2, 0.25) is 15.9 Å². The highest BCUT2D eigenvalue weighted by Gasteiger charge is 2.33. The largest absolute Gasteiger partial charge is 0.325 e. The maximum absolute atomic E-state index is 13.2. The lowest BCUT2D eigenvalue weighted by molar-refractivity contribution is -0.113. The molecule has 0 unspecified atom stereocenters. The number of carbonyl (C=O) groups excluding carboxylic acids is 1. The number of piperidine rings is 1. The molecule has 1 aromatic heterocycles. The van der Waals surface area contributed by atoms with Crippen molar-refractivity contribution in [3.05, 3.63) is 64.9 Å². The minimum absolute atomic E-state index is 0.0615. The molecule has 1 N–H and O–H groups in total. The van der Waals surface area contributed by atoms with Gasteiger partial charge < -0.3 is 9.88 Å². The highest BCUT2D eigenvalue weighted by molar-refractivity contribution is 7.99. The Morgan fingerprint density at radius 2 is 1.94 bits per heavy atom. The van der Waals surface area contributed by atoms with Gasteiger partial charge in [-0.15, -0.1) is 10.2 Å². The number of benzene rings is 2. The normalized spacial score (nSPS) is 16.7. The first-order valence-corrected chi connectivity index (χ1v) is 14.8. The Morgan fingerprint density at radius 1 is 1.17 bits per heavy atom. The molecule has 1 aliphatic heterocycles. The standard InChI is InChI=1S/C25H30ClN5O3S2/c1-3-14-31-24(19-9-8-15-30(16-19)36(33,34)20-10-5-4-6-11-20)28-29-25(31)35-17-23(32)27-22-13-7-12-21(26)18(22)2/h4-7,10-13,19H,3,8-9,14-17H2,1-2H3,(H,27,32)/t19-/m0/s1. The Balaban J connectivity index is 1.47. The van der Waals surface area contributed by atoms with Crippen LogP contribution < -0.4 is 5.32 Å². The minimum atomic E-state index is -3.57. The molecule has 1 saturated heterocycles. The molecule has 3 aromatic rings. The molecule has 8 nitrogen and oxygen atoms in total. The van der Waals surface area contributed by atoms with Crippen LogP contribution in [0.4, 0.5) is 5.69 Å². The third-order valence-corrected chi connectivity index (χ3v) is 9.45. The van der Waals surface area contributed by atoms with Crippen LogP contribution in [-0.4, -0.2) is 52.2 Å². The molecule has 2 heterocycles. The number of carbonyl (C=O) groups is 1. The highest BCUT2D eigenvalue weighted by atomic mass is 35.5. The van der Waals surface area contributed by atoms with Crippen LogP contribution in [-0.2, 0) is 21.4 Å². The zero-order chi connectivity index (χ0) is 25.7. The first-order chi connectivity index (χ1) is 17.3. The zero-order valence-electron chi connectivity index (χ0n) is 20.4. The van der Waals surface area contributed by atoms with E-state index in [4.69, 9.17) is 11.6 Å². The monoisotopic (exact) mass is 547 g/mol. The van der Waals surface area contributed by atoms with Crippen molar-refractivity contribution in [2.24, 2.45) is 0 Å². The lowest BCUT2D eigenvalue weighted by atomic mass is 9.99. The number of aromatic nitrogens is 3. The van der Waals surface area contributed by atoms with Crippen LogP contribution in [0.15, 0.2) is 58.6 Å². The minimum Gasteiger partial charge on any atom is -0.325 e. The molecule has 192 valence electrons. The van der Waals surface area contributed by atoms with Gasteiger partial charge in [0.25, 0.3) is 0 Å². The lowest BCUT2D eigenvalue weighted by Crippen LogP contribution is -2.39. The molecular formula is C25H30ClN5O3S2. The van der Waals surface area contributed by atoms with Gasteiger partial charge in [-0.3, -0.25) is 4.79 Å². The summed E-state index contributed by atoms with van der Waals surface area (Å²) in [5, 5.41) is 13.0. The summed E-state index contributed by atoms with van der Waals surface area (Å²) in [4.78, 5) is 12.9. The summed E-state index contributed by atoms with van der Waals surface area (Å²) < 4.78 is 29.9. The molecule has 0 saturated carbocycles. The van der Waals surface area contributed by atoms with E-state index < -0.39 is 10.0 Å². The van der Waals surface area contributed by atoms with E-state index in [-0.39, 0.29) is 17.6 Å². The van der Waals surface area contributed by atoms with Crippen molar-refractivity contribution < 1.29 is 13.2 Å². The van der Waals surface area contributed by atoms with Gasteiger partial charge in [0.1, 0.15) is 5.82 Å². The molecule has 0 spiro atoms. The number of sulfonamides is 1. The molecule has 11 heteroatoms. The van der Waals surface area contributed by atoms with Crippen LogP contribution in [0.2, 0.25) is 5.02 Å².